The van der Waals surface area contributed by atoms with Gasteiger partial charge in [0.2, 0.25) is 5.91 Å². The predicted molar refractivity (Wildman–Crippen MR) is 163 cm³/mol. The second-order valence-corrected chi connectivity index (χ2v) is 12.2. The number of hydrogen-bond donors (Lipinski definition) is 2. The number of nitrogens with zero attached hydrogens (tertiary/aromatic N) is 1. The topological polar surface area (TPSA) is 149 Å². The van der Waals surface area contributed by atoms with Crippen molar-refractivity contribution in [1.29, 1.82) is 0 Å². The van der Waals surface area contributed by atoms with Crippen molar-refractivity contribution in [2.75, 3.05) is 27.4 Å². The largest absolute Gasteiger partial charge is 0.491 e. The van der Waals surface area contributed by atoms with Crippen molar-refractivity contribution in [3.05, 3.63) is 44.8 Å². The minimum absolute atomic E-state index is 0.00608. The molecule has 11 nitrogen and oxygen atoms in total. The van der Waals surface area contributed by atoms with Gasteiger partial charge in [0.1, 0.15) is 5.02 Å². The van der Waals surface area contributed by atoms with Gasteiger partial charge in [-0.05, 0) is 17.7 Å². The van der Waals surface area contributed by atoms with E-state index in [1.54, 1.807) is 6.07 Å². The molecule has 0 bridgehead atoms. The molecule has 2 heterocycles. The zero-order valence-corrected chi connectivity index (χ0v) is 27.0. The van der Waals surface area contributed by atoms with Gasteiger partial charge >= 0.3 is 11.9 Å². The quantitative estimate of drug-likeness (QED) is 0.146. The van der Waals surface area contributed by atoms with Crippen molar-refractivity contribution in [2.45, 2.75) is 46.2 Å². The van der Waals surface area contributed by atoms with Crippen molar-refractivity contribution in [1.82, 2.24) is 4.90 Å². The molecule has 46 heavy (non-hydrogen) atoms. The number of aliphatic carboxylic acids is 2. The molecule has 0 saturated carbocycles. The molecule has 1 amide bonds. The third kappa shape index (κ3) is 7.12. The lowest BCUT2D eigenvalue weighted by Gasteiger charge is -2.16. The standard InChI is InChI=1S/C31H32ClF2NO10S/c1-14(30(38)39)8-19(36)21-11-17-24(33)28(27(43-4)23(32)29(17)46-21)45-7-5-6-44-20-10-16-12-35(22(37)9-15(2)31(40)41)13-18(16)25(34)26(20)42-3/h10-11,14-15H,5-9,12-13H2,1-4H3,(H,38,39)(H,40,41). The molecule has 0 aliphatic carbocycles. The molecule has 3 aromatic rings. The normalized spacial score (nSPS) is 13.7. The number of Topliss-reactive ketones (excluding diaryl/α,β-unsaturated/α-hetero) is 1. The second-order valence-electron chi connectivity index (χ2n) is 10.8. The van der Waals surface area contributed by atoms with Gasteiger partial charge in [0.25, 0.3) is 0 Å². The van der Waals surface area contributed by atoms with Crippen LogP contribution in [0.4, 0.5) is 8.78 Å². The van der Waals surface area contributed by atoms with E-state index < -0.39 is 47.1 Å². The fourth-order valence-corrected chi connectivity index (χ4v) is 6.30. The van der Waals surface area contributed by atoms with Gasteiger partial charge in [-0.2, -0.15) is 0 Å². The molecule has 0 saturated heterocycles. The van der Waals surface area contributed by atoms with Crippen LogP contribution in [0.25, 0.3) is 10.1 Å². The van der Waals surface area contributed by atoms with Crippen LogP contribution in [-0.2, 0) is 27.5 Å². The highest BCUT2D eigenvalue weighted by molar-refractivity contribution is 7.21. The Bertz CT molecular complexity index is 1690. The Kier molecular flexibility index (Phi) is 10.9. The first-order valence-electron chi connectivity index (χ1n) is 14.2. The molecule has 1 aliphatic heterocycles. The van der Waals surface area contributed by atoms with Crippen LogP contribution in [0.3, 0.4) is 0 Å². The van der Waals surface area contributed by atoms with Gasteiger partial charge in [0.15, 0.2) is 40.4 Å². The number of rotatable bonds is 15. The number of thiophene rings is 1. The molecular weight excluding hydrogens is 652 g/mol. The molecule has 0 radical (unpaired) electrons. The summed E-state index contributed by atoms with van der Waals surface area (Å²) in [4.78, 5) is 49.0. The van der Waals surface area contributed by atoms with Gasteiger partial charge in [-0.25, -0.2) is 8.78 Å². The molecule has 2 unspecified atom stereocenters. The first kappa shape index (κ1) is 34.7. The zero-order chi connectivity index (χ0) is 33.9. The fraction of sp³-hybridized carbons (Fsp3) is 0.419. The van der Waals surface area contributed by atoms with E-state index in [0.717, 1.165) is 11.3 Å². The first-order chi connectivity index (χ1) is 21.8. The van der Waals surface area contributed by atoms with Crippen molar-refractivity contribution >= 4 is 56.7 Å². The third-order valence-electron chi connectivity index (χ3n) is 7.51. The molecular formula is C31H32ClF2NO10S. The summed E-state index contributed by atoms with van der Waals surface area (Å²) in [6.45, 7) is 2.82. The molecule has 0 fully saturated rings. The molecule has 248 valence electrons. The van der Waals surface area contributed by atoms with E-state index in [1.165, 1.54) is 39.0 Å². The number of ether oxygens (including phenoxy) is 4. The van der Waals surface area contributed by atoms with E-state index in [0.29, 0.717) is 5.56 Å². The molecule has 1 aliphatic rings. The number of carbonyl (C=O) groups excluding carboxylic acids is 2. The maximum Gasteiger partial charge on any atom is 0.306 e. The molecule has 15 heteroatoms. The van der Waals surface area contributed by atoms with Crippen LogP contribution in [0, 0.1) is 23.5 Å². The van der Waals surface area contributed by atoms with E-state index >= 15 is 8.78 Å². The number of carbonyl (C=O) groups is 4. The highest BCUT2D eigenvalue weighted by atomic mass is 35.5. The zero-order valence-electron chi connectivity index (χ0n) is 25.4. The van der Waals surface area contributed by atoms with Crippen LogP contribution < -0.4 is 18.9 Å². The van der Waals surface area contributed by atoms with Crippen LogP contribution in [0.5, 0.6) is 23.0 Å². The molecule has 0 spiro atoms. The lowest BCUT2D eigenvalue weighted by Crippen LogP contribution is -2.28. The van der Waals surface area contributed by atoms with Crippen molar-refractivity contribution in [3.8, 4) is 23.0 Å². The SMILES string of the molecule is COc1c(OCCCOc2c(OC)c(Cl)c3sc(C(=O)CC(C)C(=O)O)cc3c2F)cc2c(c1F)CN(C(=O)CC(C)C(=O)O)C2. The van der Waals surface area contributed by atoms with Gasteiger partial charge in [-0.3, -0.25) is 19.2 Å². The average molecular weight is 684 g/mol. The molecule has 2 aromatic carbocycles. The number of fused-ring (bicyclic) bond motifs is 2. The Labute approximate surface area is 271 Å². The summed E-state index contributed by atoms with van der Waals surface area (Å²) in [5.41, 5.74) is 0.759. The number of ketones is 1. The highest BCUT2D eigenvalue weighted by Crippen LogP contribution is 2.47. The summed E-state index contributed by atoms with van der Waals surface area (Å²) in [7, 11) is 2.56. The van der Waals surface area contributed by atoms with Crippen LogP contribution in [0.15, 0.2) is 12.1 Å². The number of amides is 1. The molecule has 2 atom stereocenters. The maximum atomic E-state index is 15.6. The smallest absolute Gasteiger partial charge is 0.306 e. The summed E-state index contributed by atoms with van der Waals surface area (Å²) in [5.74, 6) is -6.81. The Morgan fingerprint density at radius 3 is 2.17 bits per heavy atom. The van der Waals surface area contributed by atoms with Crippen LogP contribution in [-0.4, -0.2) is 66.2 Å². The average Bonchev–Trinajstić information content (AvgIpc) is 3.65. The maximum absolute atomic E-state index is 15.6. The van der Waals surface area contributed by atoms with Gasteiger partial charge in [-0.1, -0.05) is 25.4 Å². The summed E-state index contributed by atoms with van der Waals surface area (Å²) in [6, 6.07) is 2.87. The summed E-state index contributed by atoms with van der Waals surface area (Å²) < 4.78 is 53.1. The number of carboxylic acids is 2. The number of benzene rings is 2. The van der Waals surface area contributed by atoms with Crippen molar-refractivity contribution in [3.63, 3.8) is 0 Å². The van der Waals surface area contributed by atoms with Gasteiger partial charge in [-0.15, -0.1) is 11.3 Å². The number of methoxy groups -OCH3 is 2. The van der Waals surface area contributed by atoms with E-state index in [1.807, 2.05) is 0 Å². The highest BCUT2D eigenvalue weighted by Gasteiger charge is 2.31. The minimum atomic E-state index is -1.12. The molecule has 4 rings (SSSR count). The molecule has 2 N–H and O–H groups in total. The monoisotopic (exact) mass is 683 g/mol. The van der Waals surface area contributed by atoms with Gasteiger partial charge in [0, 0.05) is 43.3 Å². The van der Waals surface area contributed by atoms with Crippen LogP contribution >= 0.6 is 22.9 Å². The van der Waals surface area contributed by atoms with Crippen LogP contribution in [0.2, 0.25) is 5.02 Å². The van der Waals surface area contributed by atoms with Crippen molar-refractivity contribution < 1.29 is 57.1 Å². The Hall–Kier alpha value is -4.17. The minimum Gasteiger partial charge on any atom is -0.491 e. The summed E-state index contributed by atoms with van der Waals surface area (Å²) in [5, 5.41) is 18.3. The van der Waals surface area contributed by atoms with Gasteiger partial charge < -0.3 is 34.1 Å². The van der Waals surface area contributed by atoms with E-state index in [4.69, 9.17) is 40.8 Å². The van der Waals surface area contributed by atoms with Gasteiger partial charge in [0.05, 0.1) is 48.8 Å². The Morgan fingerprint density at radius 2 is 1.54 bits per heavy atom. The van der Waals surface area contributed by atoms with Crippen molar-refractivity contribution in [2.24, 2.45) is 11.8 Å². The van der Waals surface area contributed by atoms with E-state index in [9.17, 15) is 19.2 Å². The fourth-order valence-electron chi connectivity index (χ4n) is 4.89. The lowest BCUT2D eigenvalue weighted by atomic mass is 10.0. The first-order valence-corrected chi connectivity index (χ1v) is 15.4. The third-order valence-corrected chi connectivity index (χ3v) is 9.17. The number of hydrogen-bond acceptors (Lipinski definition) is 9. The number of halogens is 3. The van der Waals surface area contributed by atoms with Crippen LogP contribution in [0.1, 0.15) is 53.9 Å². The number of carboxylic acid groups (broad SMARTS) is 2. The van der Waals surface area contributed by atoms with E-state index in [-0.39, 0.29) is 94.1 Å². The lowest BCUT2D eigenvalue weighted by molar-refractivity contribution is -0.145. The molecule has 1 aromatic heterocycles. The summed E-state index contributed by atoms with van der Waals surface area (Å²) in [6.07, 6.45) is -0.270. The second kappa shape index (κ2) is 14.5. The Morgan fingerprint density at radius 1 is 0.913 bits per heavy atom. The van der Waals surface area contributed by atoms with E-state index in [2.05, 4.69) is 0 Å². The predicted octanol–water partition coefficient (Wildman–Crippen LogP) is 5.94. The summed E-state index contributed by atoms with van der Waals surface area (Å²) >= 11 is 7.41. The Balaban J connectivity index is 1.43.